The maximum atomic E-state index is 12.3. The van der Waals surface area contributed by atoms with Crippen LogP contribution >= 0.6 is 11.6 Å². The topological polar surface area (TPSA) is 81.1 Å². The minimum Gasteiger partial charge on any atom is -0.491 e. The van der Waals surface area contributed by atoms with Crippen LogP contribution < -0.4 is 15.4 Å². The number of aromatic nitrogens is 3. The van der Waals surface area contributed by atoms with E-state index in [4.69, 9.17) is 16.3 Å². The number of para-hydroxylation sites is 1. The molecule has 0 aliphatic rings. The van der Waals surface area contributed by atoms with Gasteiger partial charge in [-0.2, -0.15) is 0 Å². The van der Waals surface area contributed by atoms with Crippen molar-refractivity contribution < 1.29 is 9.53 Å². The predicted octanol–water partition coefficient (Wildman–Crippen LogP) is 4.03. The molecule has 0 bridgehead atoms. The summed E-state index contributed by atoms with van der Waals surface area (Å²) >= 11 is 6.03. The number of hydrogen-bond acceptors (Lipinski definition) is 4. The number of amides is 2. The van der Waals surface area contributed by atoms with Gasteiger partial charge in [0.1, 0.15) is 12.1 Å². The van der Waals surface area contributed by atoms with Crippen LogP contribution in [0, 0.1) is 0 Å². The lowest BCUT2D eigenvalue weighted by molar-refractivity contribution is 0.251. The second-order valence-electron chi connectivity index (χ2n) is 5.75. The van der Waals surface area contributed by atoms with Gasteiger partial charge in [-0.1, -0.05) is 36.7 Å². The van der Waals surface area contributed by atoms with Gasteiger partial charge >= 0.3 is 6.03 Å². The molecule has 1 heterocycles. The molecular formula is C19H20ClN5O2. The van der Waals surface area contributed by atoms with Crippen LogP contribution in [-0.2, 0) is 6.54 Å². The number of carbonyl (C=O) groups excluding carboxylic acids is 1. The van der Waals surface area contributed by atoms with Gasteiger partial charge < -0.3 is 15.4 Å². The third-order valence-corrected chi connectivity index (χ3v) is 3.95. The Kier molecular flexibility index (Phi) is 6.27. The summed E-state index contributed by atoms with van der Waals surface area (Å²) in [6.07, 6.45) is 2.47. The molecule has 0 aliphatic carbocycles. The number of hydrogen-bond donors (Lipinski definition) is 2. The largest absolute Gasteiger partial charge is 0.491 e. The molecule has 0 radical (unpaired) electrons. The van der Waals surface area contributed by atoms with Crippen LogP contribution in [0.25, 0.3) is 5.69 Å². The number of halogens is 1. The molecule has 27 heavy (non-hydrogen) atoms. The van der Waals surface area contributed by atoms with E-state index >= 15 is 0 Å². The van der Waals surface area contributed by atoms with E-state index in [1.807, 2.05) is 41.8 Å². The van der Waals surface area contributed by atoms with Gasteiger partial charge in [-0.3, -0.25) is 4.57 Å². The lowest BCUT2D eigenvalue weighted by atomic mass is 10.3. The van der Waals surface area contributed by atoms with Crippen LogP contribution in [0.3, 0.4) is 0 Å². The second kappa shape index (κ2) is 9.05. The summed E-state index contributed by atoms with van der Waals surface area (Å²) in [7, 11) is 0. The highest BCUT2D eigenvalue weighted by molar-refractivity contribution is 6.31. The molecule has 0 unspecified atom stereocenters. The van der Waals surface area contributed by atoms with Crippen molar-refractivity contribution in [3.8, 4) is 11.4 Å². The molecule has 2 amide bonds. The molecule has 0 saturated carbocycles. The smallest absolute Gasteiger partial charge is 0.319 e. The van der Waals surface area contributed by atoms with Crippen molar-refractivity contribution in [1.29, 1.82) is 0 Å². The van der Waals surface area contributed by atoms with Crippen LogP contribution in [0.2, 0.25) is 5.02 Å². The Morgan fingerprint density at radius 1 is 1.22 bits per heavy atom. The number of nitrogens with zero attached hydrogens (tertiary/aromatic N) is 3. The standard InChI is InChI=1S/C19H20ClN5O2/c1-2-10-27-17-9-8-14(20)11-16(17)23-19(26)21-12-18-24-22-13-25(18)15-6-4-3-5-7-15/h3-9,11,13H,2,10,12H2,1H3,(H2,21,23,26). The van der Waals surface area contributed by atoms with Gasteiger partial charge in [0.25, 0.3) is 0 Å². The number of urea groups is 1. The molecule has 1 aromatic heterocycles. The maximum absolute atomic E-state index is 12.3. The highest BCUT2D eigenvalue weighted by Crippen LogP contribution is 2.28. The van der Waals surface area contributed by atoms with Gasteiger partial charge in [-0.25, -0.2) is 4.79 Å². The predicted molar refractivity (Wildman–Crippen MR) is 104 cm³/mol. The number of benzene rings is 2. The minimum absolute atomic E-state index is 0.215. The summed E-state index contributed by atoms with van der Waals surface area (Å²) in [6.45, 7) is 2.78. The first-order valence-electron chi connectivity index (χ1n) is 8.59. The quantitative estimate of drug-likeness (QED) is 0.643. The summed E-state index contributed by atoms with van der Waals surface area (Å²) in [5.74, 6) is 1.19. The first kappa shape index (κ1) is 18.7. The number of carbonyl (C=O) groups is 1. The summed E-state index contributed by atoms with van der Waals surface area (Å²) < 4.78 is 7.46. The fourth-order valence-corrected chi connectivity index (χ4v) is 2.62. The van der Waals surface area contributed by atoms with Crippen molar-refractivity contribution in [2.24, 2.45) is 0 Å². The zero-order chi connectivity index (χ0) is 19.1. The summed E-state index contributed by atoms with van der Waals surface area (Å²) in [4.78, 5) is 12.3. The lowest BCUT2D eigenvalue weighted by Gasteiger charge is -2.13. The zero-order valence-corrected chi connectivity index (χ0v) is 15.6. The SMILES string of the molecule is CCCOc1ccc(Cl)cc1NC(=O)NCc1nncn1-c1ccccc1. The van der Waals surface area contributed by atoms with Crippen molar-refractivity contribution >= 4 is 23.3 Å². The Morgan fingerprint density at radius 2 is 2.04 bits per heavy atom. The first-order valence-corrected chi connectivity index (χ1v) is 8.96. The van der Waals surface area contributed by atoms with Crippen molar-refractivity contribution in [3.05, 3.63) is 65.7 Å². The normalized spacial score (nSPS) is 10.4. The van der Waals surface area contributed by atoms with E-state index in [2.05, 4.69) is 20.8 Å². The molecule has 0 fully saturated rings. The molecule has 8 heteroatoms. The Morgan fingerprint density at radius 3 is 2.81 bits per heavy atom. The zero-order valence-electron chi connectivity index (χ0n) is 14.9. The van der Waals surface area contributed by atoms with E-state index in [-0.39, 0.29) is 12.6 Å². The summed E-state index contributed by atoms with van der Waals surface area (Å²) in [5, 5.41) is 14.0. The maximum Gasteiger partial charge on any atom is 0.319 e. The van der Waals surface area contributed by atoms with Gasteiger partial charge in [0, 0.05) is 10.7 Å². The van der Waals surface area contributed by atoms with Crippen LogP contribution in [0.15, 0.2) is 54.9 Å². The fraction of sp³-hybridized carbons (Fsp3) is 0.211. The lowest BCUT2D eigenvalue weighted by Crippen LogP contribution is -2.29. The molecule has 7 nitrogen and oxygen atoms in total. The Labute approximate surface area is 162 Å². The van der Waals surface area contributed by atoms with Crippen LogP contribution in [0.4, 0.5) is 10.5 Å². The number of ether oxygens (including phenoxy) is 1. The molecule has 3 rings (SSSR count). The van der Waals surface area contributed by atoms with E-state index in [1.54, 1.807) is 24.5 Å². The molecule has 140 valence electrons. The molecule has 3 aromatic rings. The summed E-state index contributed by atoms with van der Waals surface area (Å²) in [6, 6.07) is 14.4. The van der Waals surface area contributed by atoms with Gasteiger partial charge in [-0.05, 0) is 36.8 Å². The van der Waals surface area contributed by atoms with Gasteiger partial charge in [0.2, 0.25) is 0 Å². The van der Waals surface area contributed by atoms with E-state index < -0.39 is 0 Å². The third-order valence-electron chi connectivity index (χ3n) is 3.71. The van der Waals surface area contributed by atoms with Crippen LogP contribution in [-0.4, -0.2) is 27.4 Å². The van der Waals surface area contributed by atoms with Crippen LogP contribution in [0.5, 0.6) is 5.75 Å². The van der Waals surface area contributed by atoms with Crippen molar-refractivity contribution in [2.75, 3.05) is 11.9 Å². The number of rotatable bonds is 7. The Hall–Kier alpha value is -3.06. The first-order chi connectivity index (χ1) is 13.2. The molecular weight excluding hydrogens is 366 g/mol. The highest BCUT2D eigenvalue weighted by atomic mass is 35.5. The molecule has 2 aromatic carbocycles. The van der Waals surface area contributed by atoms with E-state index in [1.165, 1.54) is 0 Å². The van der Waals surface area contributed by atoms with E-state index in [0.29, 0.717) is 28.9 Å². The number of nitrogens with one attached hydrogen (secondary N) is 2. The Bertz CT molecular complexity index is 898. The van der Waals surface area contributed by atoms with Crippen molar-refractivity contribution in [3.63, 3.8) is 0 Å². The molecule has 0 aliphatic heterocycles. The second-order valence-corrected chi connectivity index (χ2v) is 6.19. The highest BCUT2D eigenvalue weighted by Gasteiger charge is 2.11. The molecule has 2 N–H and O–H groups in total. The number of anilines is 1. The third kappa shape index (κ3) is 4.98. The van der Waals surface area contributed by atoms with Crippen molar-refractivity contribution in [2.45, 2.75) is 19.9 Å². The van der Waals surface area contributed by atoms with E-state index in [9.17, 15) is 4.79 Å². The van der Waals surface area contributed by atoms with Gasteiger partial charge in [0.15, 0.2) is 5.82 Å². The van der Waals surface area contributed by atoms with Gasteiger partial charge in [-0.15, -0.1) is 10.2 Å². The average Bonchev–Trinajstić information content (AvgIpc) is 3.15. The fourth-order valence-electron chi connectivity index (χ4n) is 2.45. The van der Waals surface area contributed by atoms with E-state index in [0.717, 1.165) is 12.1 Å². The van der Waals surface area contributed by atoms with Crippen LogP contribution in [0.1, 0.15) is 19.2 Å². The molecule has 0 spiro atoms. The molecule has 0 atom stereocenters. The summed E-state index contributed by atoms with van der Waals surface area (Å²) in [5.41, 5.74) is 1.43. The van der Waals surface area contributed by atoms with Gasteiger partial charge in [0.05, 0.1) is 18.8 Å². The average molecular weight is 386 g/mol. The monoisotopic (exact) mass is 385 g/mol. The Balaban J connectivity index is 1.65. The minimum atomic E-state index is -0.388. The van der Waals surface area contributed by atoms with Crippen molar-refractivity contribution in [1.82, 2.24) is 20.1 Å². The molecule has 0 saturated heterocycles.